The number of likely N-dealkylation sites (tertiary alicyclic amines) is 1. The average molecular weight is 520 g/mol. The second-order valence-corrected chi connectivity index (χ2v) is 11.4. The molecular formula is C30H41N5O3. The van der Waals surface area contributed by atoms with Gasteiger partial charge in [0.25, 0.3) is 0 Å². The van der Waals surface area contributed by atoms with E-state index in [1.807, 2.05) is 22.5 Å². The van der Waals surface area contributed by atoms with Gasteiger partial charge in [-0.3, -0.25) is 4.90 Å². The van der Waals surface area contributed by atoms with E-state index in [1.165, 1.54) is 41.8 Å². The number of nitrogens with zero attached hydrogens (tertiary/aromatic N) is 5. The minimum absolute atomic E-state index is 0.0199. The first-order valence-corrected chi connectivity index (χ1v) is 14.2. The van der Waals surface area contributed by atoms with E-state index in [0.29, 0.717) is 18.6 Å². The molecule has 2 aromatic heterocycles. The molecule has 4 atom stereocenters. The summed E-state index contributed by atoms with van der Waals surface area (Å²) in [6.07, 6.45) is 5.71. The van der Waals surface area contributed by atoms with Crippen LogP contribution in [0.4, 0.5) is 5.69 Å². The highest BCUT2D eigenvalue weighted by atomic mass is 16.7. The SMILES string of the molecule is CC1OCC1OC(O)N1CCN(c2ccnn3cc(-c4ccc([C@@H]5CCCN(C(C)C)C5)cc4)cc23)CC1. The third kappa shape index (κ3) is 5.20. The van der Waals surface area contributed by atoms with Crippen LogP contribution >= 0.6 is 0 Å². The highest BCUT2D eigenvalue weighted by molar-refractivity contribution is 5.80. The van der Waals surface area contributed by atoms with Crippen LogP contribution in [-0.4, -0.2) is 95.1 Å². The number of anilines is 1. The Labute approximate surface area is 225 Å². The Balaban J connectivity index is 1.13. The molecule has 3 aliphatic heterocycles. The van der Waals surface area contributed by atoms with E-state index in [4.69, 9.17) is 9.47 Å². The molecule has 0 amide bonds. The number of benzene rings is 1. The summed E-state index contributed by atoms with van der Waals surface area (Å²) in [7, 11) is 0. The lowest BCUT2D eigenvalue weighted by molar-refractivity contribution is -0.283. The van der Waals surface area contributed by atoms with Crippen molar-refractivity contribution in [2.75, 3.05) is 50.8 Å². The third-order valence-electron chi connectivity index (χ3n) is 8.70. The number of aromatic nitrogens is 2. The minimum atomic E-state index is -0.879. The van der Waals surface area contributed by atoms with Gasteiger partial charge >= 0.3 is 0 Å². The second kappa shape index (κ2) is 10.9. The van der Waals surface area contributed by atoms with E-state index in [9.17, 15) is 5.11 Å². The van der Waals surface area contributed by atoms with Crippen molar-refractivity contribution in [2.24, 2.45) is 0 Å². The predicted molar refractivity (Wildman–Crippen MR) is 149 cm³/mol. The van der Waals surface area contributed by atoms with Gasteiger partial charge in [0.1, 0.15) is 6.10 Å². The summed E-state index contributed by atoms with van der Waals surface area (Å²) in [5.74, 6) is 0.620. The van der Waals surface area contributed by atoms with Crippen LogP contribution in [0.3, 0.4) is 0 Å². The average Bonchev–Trinajstić information content (AvgIpc) is 3.40. The third-order valence-corrected chi connectivity index (χ3v) is 8.70. The molecule has 8 heteroatoms. The lowest BCUT2D eigenvalue weighted by Gasteiger charge is -2.41. The highest BCUT2D eigenvalue weighted by Crippen LogP contribution is 2.32. The largest absolute Gasteiger partial charge is 0.373 e. The Hall–Kier alpha value is -2.49. The van der Waals surface area contributed by atoms with Gasteiger partial charge in [-0.05, 0) is 69.3 Å². The summed E-state index contributed by atoms with van der Waals surface area (Å²) in [4.78, 5) is 6.98. The van der Waals surface area contributed by atoms with Crippen LogP contribution in [0.1, 0.15) is 45.1 Å². The van der Waals surface area contributed by atoms with Crippen LogP contribution in [0.15, 0.2) is 48.8 Å². The van der Waals surface area contributed by atoms with Crippen molar-refractivity contribution in [1.29, 1.82) is 0 Å². The summed E-state index contributed by atoms with van der Waals surface area (Å²) in [6.45, 7) is 12.6. The Morgan fingerprint density at radius 2 is 1.79 bits per heavy atom. The number of rotatable bonds is 7. The van der Waals surface area contributed by atoms with E-state index in [0.717, 1.165) is 38.2 Å². The monoisotopic (exact) mass is 519 g/mol. The summed E-state index contributed by atoms with van der Waals surface area (Å²) >= 11 is 0. The van der Waals surface area contributed by atoms with Gasteiger partial charge in [-0.1, -0.05) is 24.3 Å². The Morgan fingerprint density at radius 1 is 1.00 bits per heavy atom. The van der Waals surface area contributed by atoms with Gasteiger partial charge in [0.15, 0.2) is 0 Å². The standard InChI is InChI=1S/C30H41N5O3/c1-21(2)34-12-4-5-25(18-34)23-6-8-24(9-7-23)26-17-28-27(10-11-31-35(28)19-26)32-13-15-33(16-14-32)30(36)38-29-20-37-22(29)3/h6-11,17,19,21-22,25,29-30,36H,4-5,12-16,18,20H2,1-3H3/t22?,25-,29?,30?/m1/s1. The van der Waals surface area contributed by atoms with E-state index in [-0.39, 0.29) is 12.2 Å². The zero-order valence-corrected chi connectivity index (χ0v) is 22.9. The highest BCUT2D eigenvalue weighted by Gasteiger charge is 2.33. The normalized spacial score (nSPS) is 26.1. The van der Waals surface area contributed by atoms with E-state index in [2.05, 4.69) is 71.3 Å². The molecule has 3 fully saturated rings. The molecule has 3 aromatic rings. The van der Waals surface area contributed by atoms with Crippen LogP contribution in [0.2, 0.25) is 0 Å². The van der Waals surface area contributed by atoms with Crippen LogP contribution in [0.5, 0.6) is 0 Å². The molecule has 0 radical (unpaired) electrons. The van der Waals surface area contributed by atoms with Crippen LogP contribution in [0, 0.1) is 0 Å². The maximum Gasteiger partial charge on any atom is 0.216 e. The smallest absolute Gasteiger partial charge is 0.216 e. The molecule has 6 rings (SSSR count). The fraction of sp³-hybridized carbons (Fsp3) is 0.567. The van der Waals surface area contributed by atoms with Gasteiger partial charge < -0.3 is 24.4 Å². The number of aliphatic hydroxyl groups is 1. The van der Waals surface area contributed by atoms with E-state index in [1.54, 1.807) is 0 Å². The van der Waals surface area contributed by atoms with Crippen LogP contribution < -0.4 is 4.90 Å². The number of aliphatic hydroxyl groups excluding tert-OH is 1. The number of piperidine rings is 1. The molecule has 1 N–H and O–H groups in total. The van der Waals surface area contributed by atoms with Gasteiger partial charge in [-0.25, -0.2) is 4.52 Å². The first-order chi connectivity index (χ1) is 18.5. The number of piperazine rings is 1. The van der Waals surface area contributed by atoms with Crippen LogP contribution in [-0.2, 0) is 9.47 Å². The number of hydrogen-bond donors (Lipinski definition) is 1. The molecule has 38 heavy (non-hydrogen) atoms. The van der Waals surface area contributed by atoms with Gasteiger partial charge in [0, 0.05) is 56.7 Å². The molecule has 3 saturated heterocycles. The van der Waals surface area contributed by atoms with Gasteiger partial charge in [0.2, 0.25) is 6.41 Å². The number of ether oxygens (including phenoxy) is 2. The Morgan fingerprint density at radius 3 is 2.47 bits per heavy atom. The Bertz CT molecular complexity index is 1220. The van der Waals surface area contributed by atoms with E-state index >= 15 is 0 Å². The molecule has 204 valence electrons. The van der Waals surface area contributed by atoms with Crippen molar-refractivity contribution >= 4 is 11.2 Å². The van der Waals surface area contributed by atoms with Gasteiger partial charge in [0.05, 0.1) is 23.9 Å². The van der Waals surface area contributed by atoms with Gasteiger partial charge in [-0.15, -0.1) is 0 Å². The van der Waals surface area contributed by atoms with Crippen molar-refractivity contribution < 1.29 is 14.6 Å². The quantitative estimate of drug-likeness (QED) is 0.477. The molecule has 3 unspecified atom stereocenters. The van der Waals surface area contributed by atoms with Crippen molar-refractivity contribution in [3.63, 3.8) is 0 Å². The second-order valence-electron chi connectivity index (χ2n) is 11.4. The van der Waals surface area contributed by atoms with Crippen molar-refractivity contribution in [3.8, 4) is 11.1 Å². The zero-order valence-electron chi connectivity index (χ0n) is 22.9. The summed E-state index contributed by atoms with van der Waals surface area (Å²) in [6, 6.07) is 14.1. The molecule has 8 nitrogen and oxygen atoms in total. The molecule has 0 saturated carbocycles. The minimum Gasteiger partial charge on any atom is -0.373 e. The summed E-state index contributed by atoms with van der Waals surface area (Å²) in [5, 5.41) is 15.1. The molecule has 3 aliphatic rings. The lowest BCUT2D eigenvalue weighted by atomic mass is 9.89. The molecule has 0 spiro atoms. The molecule has 5 heterocycles. The fourth-order valence-corrected chi connectivity index (χ4v) is 6.06. The predicted octanol–water partition coefficient (Wildman–Crippen LogP) is 3.79. The molecular weight excluding hydrogens is 478 g/mol. The number of hydrogen-bond acceptors (Lipinski definition) is 7. The Kier molecular flexibility index (Phi) is 7.42. The lowest BCUT2D eigenvalue weighted by Crippen LogP contribution is -2.55. The van der Waals surface area contributed by atoms with Crippen molar-refractivity contribution in [2.45, 2.75) is 64.2 Å². The zero-order chi connectivity index (χ0) is 26.2. The summed E-state index contributed by atoms with van der Waals surface area (Å²) < 4.78 is 13.1. The topological polar surface area (TPSA) is 65.7 Å². The first-order valence-electron chi connectivity index (χ1n) is 14.2. The summed E-state index contributed by atoms with van der Waals surface area (Å²) in [5.41, 5.74) is 6.14. The molecule has 0 bridgehead atoms. The first kappa shape index (κ1) is 25.8. The van der Waals surface area contributed by atoms with Gasteiger partial charge in [-0.2, -0.15) is 5.10 Å². The maximum absolute atomic E-state index is 10.5. The van der Waals surface area contributed by atoms with E-state index < -0.39 is 6.41 Å². The maximum atomic E-state index is 10.5. The van der Waals surface area contributed by atoms with Crippen LogP contribution in [0.25, 0.3) is 16.6 Å². The molecule has 1 aromatic carbocycles. The molecule has 0 aliphatic carbocycles. The van der Waals surface area contributed by atoms with Crippen molar-refractivity contribution in [3.05, 3.63) is 54.4 Å². The number of fused-ring (bicyclic) bond motifs is 1. The van der Waals surface area contributed by atoms with Crippen molar-refractivity contribution in [1.82, 2.24) is 19.4 Å². The fourth-order valence-electron chi connectivity index (χ4n) is 6.06.